The molecule has 0 aliphatic heterocycles. The van der Waals surface area contributed by atoms with E-state index in [1.54, 1.807) is 19.1 Å². The number of hydrogen-bond acceptors (Lipinski definition) is 2. The molecule has 0 fully saturated rings. The van der Waals surface area contributed by atoms with Gasteiger partial charge in [-0.2, -0.15) is 5.26 Å². The van der Waals surface area contributed by atoms with E-state index in [0.29, 0.717) is 5.56 Å². The standard InChI is InChI=1S/C15H15FN2O/c1-4-5-14(19)18-15(10(2)3)11-6-7-13(16)12(8-11)9-17/h6-8,10,15H,1-3H3,(H,18,19). The molecule has 0 bridgehead atoms. The lowest BCUT2D eigenvalue weighted by Crippen LogP contribution is -2.30. The molecule has 0 radical (unpaired) electrons. The fourth-order valence-corrected chi connectivity index (χ4v) is 1.75. The third-order valence-corrected chi connectivity index (χ3v) is 2.66. The summed E-state index contributed by atoms with van der Waals surface area (Å²) >= 11 is 0. The van der Waals surface area contributed by atoms with E-state index in [0.717, 1.165) is 0 Å². The largest absolute Gasteiger partial charge is 0.338 e. The van der Waals surface area contributed by atoms with Crippen LogP contribution in [0.5, 0.6) is 0 Å². The van der Waals surface area contributed by atoms with Crippen molar-refractivity contribution in [2.45, 2.75) is 26.8 Å². The first-order valence-corrected chi connectivity index (χ1v) is 5.92. The molecule has 0 aliphatic rings. The predicted octanol–water partition coefficient (Wildman–Crippen LogP) is 2.53. The van der Waals surface area contributed by atoms with Crippen LogP contribution in [0.2, 0.25) is 0 Å². The Morgan fingerprint density at radius 1 is 1.42 bits per heavy atom. The number of carbonyl (C=O) groups is 1. The van der Waals surface area contributed by atoms with E-state index in [-0.39, 0.29) is 23.4 Å². The van der Waals surface area contributed by atoms with E-state index in [2.05, 4.69) is 17.2 Å². The molecule has 1 aromatic rings. The number of benzene rings is 1. The van der Waals surface area contributed by atoms with Crippen LogP contribution in [0.1, 0.15) is 37.9 Å². The van der Waals surface area contributed by atoms with Gasteiger partial charge in [-0.1, -0.05) is 25.8 Å². The van der Waals surface area contributed by atoms with Crippen LogP contribution < -0.4 is 5.32 Å². The van der Waals surface area contributed by atoms with Gasteiger partial charge in [-0.3, -0.25) is 4.79 Å². The van der Waals surface area contributed by atoms with Crippen molar-refractivity contribution in [3.63, 3.8) is 0 Å². The molecule has 0 saturated carbocycles. The number of amides is 1. The van der Waals surface area contributed by atoms with Gasteiger partial charge in [0.05, 0.1) is 11.6 Å². The highest BCUT2D eigenvalue weighted by Gasteiger charge is 2.18. The maximum absolute atomic E-state index is 13.3. The zero-order valence-corrected chi connectivity index (χ0v) is 11.1. The normalized spacial score (nSPS) is 11.2. The second kappa shape index (κ2) is 6.56. The van der Waals surface area contributed by atoms with Crippen LogP contribution in [-0.2, 0) is 4.79 Å². The van der Waals surface area contributed by atoms with E-state index in [1.807, 2.05) is 13.8 Å². The van der Waals surface area contributed by atoms with Gasteiger partial charge in [0.2, 0.25) is 0 Å². The number of nitrogens with zero attached hydrogens (tertiary/aromatic N) is 1. The smallest absolute Gasteiger partial charge is 0.296 e. The maximum atomic E-state index is 13.3. The first-order valence-electron chi connectivity index (χ1n) is 5.92. The molecule has 0 heterocycles. The summed E-state index contributed by atoms with van der Waals surface area (Å²) in [6.07, 6.45) is 0. The average Bonchev–Trinajstić information content (AvgIpc) is 2.37. The Hall–Kier alpha value is -2.33. The molecule has 98 valence electrons. The third kappa shape index (κ3) is 3.82. The van der Waals surface area contributed by atoms with Crippen molar-refractivity contribution < 1.29 is 9.18 Å². The average molecular weight is 258 g/mol. The van der Waals surface area contributed by atoms with Crippen molar-refractivity contribution in [3.05, 3.63) is 35.1 Å². The fourth-order valence-electron chi connectivity index (χ4n) is 1.75. The molecule has 0 saturated heterocycles. The predicted molar refractivity (Wildman–Crippen MR) is 70.3 cm³/mol. The highest BCUT2D eigenvalue weighted by Crippen LogP contribution is 2.23. The quantitative estimate of drug-likeness (QED) is 0.847. The van der Waals surface area contributed by atoms with Crippen molar-refractivity contribution in [1.82, 2.24) is 5.32 Å². The van der Waals surface area contributed by atoms with Crippen molar-refractivity contribution in [3.8, 4) is 17.9 Å². The lowest BCUT2D eigenvalue weighted by atomic mass is 9.94. The van der Waals surface area contributed by atoms with E-state index >= 15 is 0 Å². The fraction of sp³-hybridized carbons (Fsp3) is 0.333. The van der Waals surface area contributed by atoms with Gasteiger partial charge in [-0.05, 0) is 36.5 Å². The van der Waals surface area contributed by atoms with Crippen LogP contribution in [0.4, 0.5) is 4.39 Å². The lowest BCUT2D eigenvalue weighted by molar-refractivity contribution is -0.116. The maximum Gasteiger partial charge on any atom is 0.296 e. The Labute approximate surface area is 112 Å². The summed E-state index contributed by atoms with van der Waals surface area (Å²) in [4.78, 5) is 11.5. The zero-order valence-electron chi connectivity index (χ0n) is 11.1. The van der Waals surface area contributed by atoms with Gasteiger partial charge in [-0.25, -0.2) is 4.39 Å². The Bertz CT molecular complexity index is 576. The Morgan fingerprint density at radius 3 is 2.63 bits per heavy atom. The molecule has 1 amide bonds. The van der Waals surface area contributed by atoms with Crippen LogP contribution in [-0.4, -0.2) is 5.91 Å². The lowest BCUT2D eigenvalue weighted by Gasteiger charge is -2.22. The summed E-state index contributed by atoms with van der Waals surface area (Å²) in [5, 5.41) is 11.6. The van der Waals surface area contributed by atoms with Gasteiger partial charge in [-0.15, -0.1) is 0 Å². The molecule has 1 rings (SSSR count). The van der Waals surface area contributed by atoms with Gasteiger partial charge in [0.25, 0.3) is 5.91 Å². The highest BCUT2D eigenvalue weighted by molar-refractivity contribution is 5.93. The number of hydrogen-bond donors (Lipinski definition) is 1. The van der Waals surface area contributed by atoms with E-state index < -0.39 is 5.82 Å². The second-order valence-electron chi connectivity index (χ2n) is 4.42. The minimum atomic E-state index is -0.562. The molecule has 19 heavy (non-hydrogen) atoms. The summed E-state index contributed by atoms with van der Waals surface area (Å²) in [7, 11) is 0. The van der Waals surface area contributed by atoms with Gasteiger partial charge in [0, 0.05) is 0 Å². The van der Waals surface area contributed by atoms with Gasteiger partial charge < -0.3 is 5.32 Å². The van der Waals surface area contributed by atoms with Gasteiger partial charge in [0.1, 0.15) is 11.9 Å². The first kappa shape index (κ1) is 14.7. The molecule has 1 aromatic carbocycles. The Kier molecular flexibility index (Phi) is 5.09. The van der Waals surface area contributed by atoms with Crippen molar-refractivity contribution >= 4 is 5.91 Å². The molecule has 3 nitrogen and oxygen atoms in total. The molecule has 1 N–H and O–H groups in total. The number of carbonyl (C=O) groups excluding carboxylic acids is 1. The number of rotatable bonds is 3. The summed E-state index contributed by atoms with van der Waals surface area (Å²) in [6, 6.07) is 5.75. The molecule has 0 aliphatic carbocycles. The molecular formula is C15H15FN2O. The molecule has 0 aromatic heterocycles. The minimum Gasteiger partial charge on any atom is -0.338 e. The van der Waals surface area contributed by atoms with Crippen LogP contribution in [0.15, 0.2) is 18.2 Å². The van der Waals surface area contributed by atoms with Crippen LogP contribution in [0.3, 0.4) is 0 Å². The number of halogens is 1. The molecule has 1 unspecified atom stereocenters. The zero-order chi connectivity index (χ0) is 14.4. The van der Waals surface area contributed by atoms with Crippen LogP contribution in [0.25, 0.3) is 0 Å². The topological polar surface area (TPSA) is 52.9 Å². The molecular weight excluding hydrogens is 243 g/mol. The molecule has 1 atom stereocenters. The first-order chi connectivity index (χ1) is 8.99. The summed E-state index contributed by atoms with van der Waals surface area (Å²) in [5.74, 6) is 4.07. The monoisotopic (exact) mass is 258 g/mol. The van der Waals surface area contributed by atoms with E-state index in [4.69, 9.17) is 5.26 Å². The number of nitriles is 1. The summed E-state index contributed by atoms with van der Waals surface area (Å²) in [5.41, 5.74) is 0.665. The summed E-state index contributed by atoms with van der Waals surface area (Å²) in [6.45, 7) is 5.44. The van der Waals surface area contributed by atoms with Crippen molar-refractivity contribution in [1.29, 1.82) is 5.26 Å². The Morgan fingerprint density at radius 2 is 2.11 bits per heavy atom. The van der Waals surface area contributed by atoms with E-state index in [1.165, 1.54) is 12.1 Å². The second-order valence-corrected chi connectivity index (χ2v) is 4.42. The highest BCUT2D eigenvalue weighted by atomic mass is 19.1. The molecule has 4 heteroatoms. The van der Waals surface area contributed by atoms with Gasteiger partial charge >= 0.3 is 0 Å². The minimum absolute atomic E-state index is 0.0287. The Balaban J connectivity index is 3.09. The number of nitrogens with one attached hydrogen (secondary N) is 1. The summed E-state index contributed by atoms with van der Waals surface area (Å²) < 4.78 is 13.3. The SMILES string of the molecule is CC#CC(=O)NC(c1ccc(F)c(C#N)c1)C(C)C. The van der Waals surface area contributed by atoms with Crippen LogP contribution in [0, 0.1) is 34.9 Å². The molecule has 0 spiro atoms. The van der Waals surface area contributed by atoms with Crippen molar-refractivity contribution in [2.24, 2.45) is 5.92 Å². The third-order valence-electron chi connectivity index (χ3n) is 2.66. The van der Waals surface area contributed by atoms with Gasteiger partial charge in [0.15, 0.2) is 0 Å². The van der Waals surface area contributed by atoms with Crippen LogP contribution >= 0.6 is 0 Å². The van der Waals surface area contributed by atoms with E-state index in [9.17, 15) is 9.18 Å². The van der Waals surface area contributed by atoms with Crippen molar-refractivity contribution in [2.75, 3.05) is 0 Å².